The molecular formula is C30H35ClN2O2. The van der Waals surface area contributed by atoms with Crippen LogP contribution in [-0.4, -0.2) is 29.3 Å². The number of halogens is 1. The van der Waals surface area contributed by atoms with Gasteiger partial charge >= 0.3 is 0 Å². The number of aryl methyl sites for hydroxylation is 1. The van der Waals surface area contributed by atoms with Gasteiger partial charge in [0.25, 0.3) is 0 Å². The molecule has 0 saturated heterocycles. The highest BCUT2D eigenvalue weighted by molar-refractivity contribution is 6.30. The minimum atomic E-state index is -0.608. The van der Waals surface area contributed by atoms with E-state index in [2.05, 4.69) is 43.4 Å². The fourth-order valence-electron chi connectivity index (χ4n) is 4.10. The standard InChI is InChI=1S/C30H35ClN2O2/c1-4-32-30(35)28(20-24-8-6-5-7-9-24)33(21-25-12-17-27(31)18-13-25)29(34)19-14-23-10-15-26(16-11-23)22(2)3/h5-13,15-18,22,28H,4,14,19-21H2,1-3H3,(H,32,35)/t28-/m0/s1. The van der Waals surface area contributed by atoms with Crippen molar-refractivity contribution in [1.82, 2.24) is 10.2 Å². The third-order valence-corrected chi connectivity index (χ3v) is 6.41. The number of hydrogen-bond acceptors (Lipinski definition) is 2. The second-order valence-corrected chi connectivity index (χ2v) is 9.58. The van der Waals surface area contributed by atoms with E-state index >= 15 is 0 Å². The molecular weight excluding hydrogens is 456 g/mol. The molecule has 4 nitrogen and oxygen atoms in total. The average molecular weight is 491 g/mol. The normalized spacial score (nSPS) is 11.8. The molecule has 0 unspecified atom stereocenters. The van der Waals surface area contributed by atoms with Gasteiger partial charge in [0.2, 0.25) is 11.8 Å². The van der Waals surface area contributed by atoms with Gasteiger partial charge in [-0.25, -0.2) is 0 Å². The van der Waals surface area contributed by atoms with Gasteiger partial charge < -0.3 is 10.2 Å². The van der Waals surface area contributed by atoms with Crippen LogP contribution in [0.2, 0.25) is 5.02 Å². The Morgan fingerprint density at radius 2 is 1.49 bits per heavy atom. The highest BCUT2D eigenvalue weighted by atomic mass is 35.5. The zero-order chi connectivity index (χ0) is 25.2. The highest BCUT2D eigenvalue weighted by Crippen LogP contribution is 2.19. The summed E-state index contributed by atoms with van der Waals surface area (Å²) in [6.07, 6.45) is 1.41. The molecule has 0 saturated carbocycles. The van der Waals surface area contributed by atoms with Crippen molar-refractivity contribution in [3.63, 3.8) is 0 Å². The monoisotopic (exact) mass is 490 g/mol. The summed E-state index contributed by atoms with van der Waals surface area (Å²) < 4.78 is 0. The number of likely N-dealkylation sites (N-methyl/N-ethyl adjacent to an activating group) is 1. The van der Waals surface area contributed by atoms with E-state index in [9.17, 15) is 9.59 Å². The largest absolute Gasteiger partial charge is 0.355 e. The fourth-order valence-corrected chi connectivity index (χ4v) is 4.22. The van der Waals surface area contributed by atoms with E-state index in [0.717, 1.165) is 16.7 Å². The lowest BCUT2D eigenvalue weighted by Crippen LogP contribution is -2.50. The molecule has 0 aliphatic rings. The van der Waals surface area contributed by atoms with Crippen LogP contribution >= 0.6 is 11.6 Å². The van der Waals surface area contributed by atoms with Crippen LogP contribution in [0.15, 0.2) is 78.9 Å². The molecule has 0 aliphatic carbocycles. The first kappa shape index (κ1) is 26.5. The van der Waals surface area contributed by atoms with Gasteiger partial charge in [-0.1, -0.05) is 92.2 Å². The Balaban J connectivity index is 1.85. The Kier molecular flexibility index (Phi) is 9.92. The molecule has 2 amide bonds. The number of hydrogen-bond donors (Lipinski definition) is 1. The maximum Gasteiger partial charge on any atom is 0.243 e. The van der Waals surface area contributed by atoms with Crippen molar-refractivity contribution < 1.29 is 9.59 Å². The molecule has 5 heteroatoms. The van der Waals surface area contributed by atoms with Crippen LogP contribution < -0.4 is 5.32 Å². The number of carbonyl (C=O) groups excluding carboxylic acids is 2. The molecule has 3 aromatic carbocycles. The lowest BCUT2D eigenvalue weighted by Gasteiger charge is -2.31. The molecule has 0 fully saturated rings. The molecule has 3 aromatic rings. The second-order valence-electron chi connectivity index (χ2n) is 9.14. The molecule has 184 valence electrons. The van der Waals surface area contributed by atoms with Crippen molar-refractivity contribution >= 4 is 23.4 Å². The topological polar surface area (TPSA) is 49.4 Å². The number of nitrogens with one attached hydrogen (secondary N) is 1. The predicted octanol–water partition coefficient (Wildman–Crippen LogP) is 6.17. The van der Waals surface area contributed by atoms with Gasteiger partial charge in [0.1, 0.15) is 6.04 Å². The van der Waals surface area contributed by atoms with Crippen LogP contribution in [0.1, 0.15) is 55.4 Å². The van der Waals surface area contributed by atoms with Crippen molar-refractivity contribution in [2.45, 2.75) is 58.5 Å². The molecule has 35 heavy (non-hydrogen) atoms. The first-order chi connectivity index (χ1) is 16.9. The molecule has 3 rings (SSSR count). The summed E-state index contributed by atoms with van der Waals surface area (Å²) in [5.74, 6) is 0.288. The summed E-state index contributed by atoms with van der Waals surface area (Å²) in [7, 11) is 0. The van der Waals surface area contributed by atoms with E-state index in [1.54, 1.807) is 4.90 Å². The summed E-state index contributed by atoms with van der Waals surface area (Å²) >= 11 is 6.08. The predicted molar refractivity (Wildman–Crippen MR) is 143 cm³/mol. The van der Waals surface area contributed by atoms with Crippen molar-refractivity contribution in [3.05, 3.63) is 106 Å². The number of amides is 2. The fraction of sp³-hybridized carbons (Fsp3) is 0.333. The van der Waals surface area contributed by atoms with Crippen LogP contribution in [0.25, 0.3) is 0 Å². The van der Waals surface area contributed by atoms with E-state index in [4.69, 9.17) is 11.6 Å². The molecule has 0 radical (unpaired) electrons. The van der Waals surface area contributed by atoms with E-state index in [1.165, 1.54) is 5.56 Å². The second kappa shape index (κ2) is 13.1. The first-order valence-corrected chi connectivity index (χ1v) is 12.7. The van der Waals surface area contributed by atoms with E-state index < -0.39 is 6.04 Å². The molecule has 0 spiro atoms. The summed E-state index contributed by atoms with van der Waals surface area (Å²) in [5, 5.41) is 3.57. The number of rotatable bonds is 11. The van der Waals surface area contributed by atoms with Crippen molar-refractivity contribution in [2.75, 3.05) is 6.54 Å². The molecule has 0 aliphatic heterocycles. The van der Waals surface area contributed by atoms with Crippen LogP contribution in [-0.2, 0) is 29.0 Å². The van der Waals surface area contributed by atoms with Gasteiger partial charge in [0.15, 0.2) is 0 Å². The Hall–Kier alpha value is -3.11. The third kappa shape index (κ3) is 7.97. The highest BCUT2D eigenvalue weighted by Gasteiger charge is 2.29. The first-order valence-electron chi connectivity index (χ1n) is 12.3. The molecule has 1 N–H and O–H groups in total. The summed E-state index contributed by atoms with van der Waals surface area (Å²) in [5.41, 5.74) is 4.35. The lowest BCUT2D eigenvalue weighted by atomic mass is 9.99. The van der Waals surface area contributed by atoms with Gasteiger partial charge in [-0.2, -0.15) is 0 Å². The SMILES string of the molecule is CCNC(=O)[C@H](Cc1ccccc1)N(Cc1ccc(Cl)cc1)C(=O)CCc1ccc(C(C)C)cc1. The number of nitrogens with zero attached hydrogens (tertiary/aromatic N) is 1. The van der Waals surface area contributed by atoms with Crippen LogP contribution in [0.4, 0.5) is 0 Å². The van der Waals surface area contributed by atoms with Gasteiger partial charge in [-0.3, -0.25) is 9.59 Å². The zero-order valence-electron chi connectivity index (χ0n) is 20.8. The minimum absolute atomic E-state index is 0.0416. The quantitative estimate of drug-likeness (QED) is 0.349. The summed E-state index contributed by atoms with van der Waals surface area (Å²) in [4.78, 5) is 28.5. The van der Waals surface area contributed by atoms with Crippen LogP contribution in [0.5, 0.6) is 0 Å². The van der Waals surface area contributed by atoms with Crippen molar-refractivity contribution in [1.29, 1.82) is 0 Å². The Morgan fingerprint density at radius 1 is 0.857 bits per heavy atom. The van der Waals surface area contributed by atoms with Crippen molar-refractivity contribution in [2.24, 2.45) is 0 Å². The Labute approximate surface area is 214 Å². The lowest BCUT2D eigenvalue weighted by molar-refractivity contribution is -0.141. The van der Waals surface area contributed by atoms with E-state index in [1.807, 2.05) is 61.5 Å². The van der Waals surface area contributed by atoms with Gasteiger partial charge in [0, 0.05) is 31.0 Å². The minimum Gasteiger partial charge on any atom is -0.355 e. The van der Waals surface area contributed by atoms with Crippen LogP contribution in [0, 0.1) is 0 Å². The zero-order valence-corrected chi connectivity index (χ0v) is 21.6. The molecule has 0 heterocycles. The average Bonchev–Trinajstić information content (AvgIpc) is 2.86. The Bertz CT molecular complexity index is 1080. The molecule has 1 atom stereocenters. The molecule has 0 bridgehead atoms. The van der Waals surface area contributed by atoms with Crippen molar-refractivity contribution in [3.8, 4) is 0 Å². The van der Waals surface area contributed by atoms with E-state index in [0.29, 0.717) is 43.3 Å². The van der Waals surface area contributed by atoms with Gasteiger partial charge in [-0.15, -0.1) is 0 Å². The van der Waals surface area contributed by atoms with Gasteiger partial charge in [0.05, 0.1) is 0 Å². The summed E-state index contributed by atoms with van der Waals surface area (Å²) in [6.45, 7) is 7.08. The number of carbonyl (C=O) groups is 2. The molecule has 0 aromatic heterocycles. The number of benzene rings is 3. The maximum absolute atomic E-state index is 13.6. The maximum atomic E-state index is 13.6. The summed E-state index contributed by atoms with van der Waals surface area (Å²) in [6, 6.07) is 25.1. The van der Waals surface area contributed by atoms with Gasteiger partial charge in [-0.05, 0) is 53.6 Å². The van der Waals surface area contributed by atoms with E-state index in [-0.39, 0.29) is 11.8 Å². The smallest absolute Gasteiger partial charge is 0.243 e. The van der Waals surface area contributed by atoms with Crippen LogP contribution in [0.3, 0.4) is 0 Å². The Morgan fingerprint density at radius 3 is 2.09 bits per heavy atom. The third-order valence-electron chi connectivity index (χ3n) is 6.16.